The summed E-state index contributed by atoms with van der Waals surface area (Å²) in [5, 5.41) is 2.75. The van der Waals surface area contributed by atoms with Gasteiger partial charge in [-0.15, -0.1) is 0 Å². The van der Waals surface area contributed by atoms with Gasteiger partial charge in [0.2, 0.25) is 5.65 Å². The summed E-state index contributed by atoms with van der Waals surface area (Å²) in [6, 6.07) is 7.60. The lowest BCUT2D eigenvalue weighted by molar-refractivity contribution is -0.0468. The molecule has 2 fully saturated rings. The molecule has 1 N–H and O–H groups in total. The average Bonchev–Trinajstić information content (AvgIpc) is 3.51. The van der Waals surface area contributed by atoms with E-state index >= 15 is 0 Å². The number of nitrogens with one attached hydrogen (secondary N) is 1. The van der Waals surface area contributed by atoms with Crippen LogP contribution in [-0.4, -0.2) is 105 Å². The number of imide groups is 1. The number of ether oxygens (including phenoxy) is 4. The zero-order chi connectivity index (χ0) is 36.3. The lowest BCUT2D eigenvalue weighted by Gasteiger charge is -2.39. The van der Waals surface area contributed by atoms with Gasteiger partial charge in [-0.1, -0.05) is 0 Å². The Morgan fingerprint density at radius 3 is 2.18 bits per heavy atom. The molecule has 270 valence electrons. The maximum atomic E-state index is 13.2. The van der Waals surface area contributed by atoms with Gasteiger partial charge in [-0.3, -0.25) is 15.2 Å². The van der Waals surface area contributed by atoms with Gasteiger partial charge in [0.1, 0.15) is 22.6 Å². The van der Waals surface area contributed by atoms with Crippen molar-refractivity contribution in [1.29, 1.82) is 0 Å². The van der Waals surface area contributed by atoms with Gasteiger partial charge in [0, 0.05) is 68.6 Å². The SMILES string of the molecule is CC(C)(C)OC(=O)N(C(=O)OC(C)(C)C)c1cncc(-c2cn3ccnc3c(OC(=O)Nc3ccc(N4CCN(CC5COC5)CC4)cc3)n2)n1. The average molecular weight is 702 g/mol. The monoisotopic (exact) mass is 701 g/mol. The number of piperazine rings is 1. The largest absolute Gasteiger partial charge is 0.443 e. The molecule has 0 atom stereocenters. The van der Waals surface area contributed by atoms with Crippen LogP contribution in [0.2, 0.25) is 0 Å². The molecule has 0 bridgehead atoms. The zero-order valence-electron chi connectivity index (χ0n) is 29.7. The van der Waals surface area contributed by atoms with E-state index in [2.05, 4.69) is 35.1 Å². The Labute approximate surface area is 295 Å². The van der Waals surface area contributed by atoms with Gasteiger partial charge < -0.3 is 28.2 Å². The van der Waals surface area contributed by atoms with Crippen molar-refractivity contribution in [2.45, 2.75) is 52.7 Å². The number of carbonyl (C=O) groups is 3. The van der Waals surface area contributed by atoms with Crippen molar-refractivity contribution in [3.8, 4) is 17.3 Å². The molecule has 0 saturated carbocycles. The summed E-state index contributed by atoms with van der Waals surface area (Å²) >= 11 is 0. The first-order chi connectivity index (χ1) is 24.2. The van der Waals surface area contributed by atoms with E-state index in [9.17, 15) is 14.4 Å². The highest BCUT2D eigenvalue weighted by Crippen LogP contribution is 2.26. The van der Waals surface area contributed by atoms with Gasteiger partial charge in [0.25, 0.3) is 5.88 Å². The number of imidazole rings is 1. The van der Waals surface area contributed by atoms with Gasteiger partial charge in [-0.05, 0) is 65.8 Å². The molecule has 5 heterocycles. The minimum atomic E-state index is -0.993. The summed E-state index contributed by atoms with van der Waals surface area (Å²) in [5.74, 6) is 0.399. The van der Waals surface area contributed by atoms with E-state index < -0.39 is 29.5 Å². The Morgan fingerprint density at radius 2 is 1.57 bits per heavy atom. The number of benzene rings is 1. The van der Waals surface area contributed by atoms with E-state index in [1.807, 2.05) is 24.3 Å². The van der Waals surface area contributed by atoms with Gasteiger partial charge in [-0.2, -0.15) is 4.90 Å². The third-order valence-corrected chi connectivity index (χ3v) is 7.87. The van der Waals surface area contributed by atoms with Crippen LogP contribution in [-0.2, 0) is 14.2 Å². The van der Waals surface area contributed by atoms with Crippen molar-refractivity contribution in [3.63, 3.8) is 0 Å². The quantitative estimate of drug-likeness (QED) is 0.266. The van der Waals surface area contributed by atoms with Crippen LogP contribution in [0.1, 0.15) is 41.5 Å². The van der Waals surface area contributed by atoms with Crippen molar-refractivity contribution in [2.75, 3.05) is 61.1 Å². The van der Waals surface area contributed by atoms with E-state index in [-0.39, 0.29) is 28.7 Å². The second kappa shape index (κ2) is 14.5. The van der Waals surface area contributed by atoms with Gasteiger partial charge in [0.15, 0.2) is 5.82 Å². The molecule has 1 aromatic carbocycles. The Balaban J connectivity index is 1.16. The highest BCUT2D eigenvalue weighted by atomic mass is 16.6. The molecule has 3 amide bonds. The summed E-state index contributed by atoms with van der Waals surface area (Å²) in [6.45, 7) is 16.7. The van der Waals surface area contributed by atoms with E-state index in [1.54, 1.807) is 58.3 Å². The molecule has 0 radical (unpaired) electrons. The highest BCUT2D eigenvalue weighted by molar-refractivity contribution is 6.08. The normalized spacial score (nSPS) is 15.6. The van der Waals surface area contributed by atoms with Crippen LogP contribution in [0.4, 0.5) is 31.6 Å². The van der Waals surface area contributed by atoms with Crippen molar-refractivity contribution in [3.05, 3.63) is 55.2 Å². The Kier molecular flexibility index (Phi) is 10.1. The molecule has 16 nitrogen and oxygen atoms in total. The van der Waals surface area contributed by atoms with E-state index in [0.717, 1.165) is 51.6 Å². The smallest absolute Gasteiger partial charge is 0.425 e. The number of hydrogen-bond acceptors (Lipinski definition) is 13. The van der Waals surface area contributed by atoms with Crippen molar-refractivity contribution < 1.29 is 33.3 Å². The summed E-state index contributed by atoms with van der Waals surface area (Å²) in [7, 11) is 0. The molecule has 0 unspecified atom stereocenters. The number of amides is 3. The number of fused-ring (bicyclic) bond motifs is 1. The lowest BCUT2D eigenvalue weighted by Crippen LogP contribution is -2.50. The predicted octanol–water partition coefficient (Wildman–Crippen LogP) is 5.24. The van der Waals surface area contributed by atoms with Crippen LogP contribution < -0.4 is 19.9 Å². The first-order valence-corrected chi connectivity index (χ1v) is 16.8. The first kappa shape index (κ1) is 35.5. The molecule has 4 aromatic rings. The van der Waals surface area contributed by atoms with Crippen LogP contribution >= 0.6 is 0 Å². The number of carbonyl (C=O) groups excluding carboxylic acids is 3. The Morgan fingerprint density at radius 1 is 0.902 bits per heavy atom. The fraction of sp³-hybridized carbons (Fsp3) is 0.457. The summed E-state index contributed by atoms with van der Waals surface area (Å²) < 4.78 is 23.5. The summed E-state index contributed by atoms with van der Waals surface area (Å²) in [6.07, 6.45) is 4.65. The number of hydrogen-bond donors (Lipinski definition) is 1. The minimum absolute atomic E-state index is 0.0960. The van der Waals surface area contributed by atoms with Crippen LogP contribution in [0.3, 0.4) is 0 Å². The predicted molar refractivity (Wildman–Crippen MR) is 188 cm³/mol. The van der Waals surface area contributed by atoms with Gasteiger partial charge in [0.05, 0.1) is 25.6 Å². The molecule has 2 aliphatic rings. The third-order valence-electron chi connectivity index (χ3n) is 7.87. The molecular formula is C35H43N9O7. The van der Waals surface area contributed by atoms with E-state index in [4.69, 9.17) is 18.9 Å². The maximum Gasteiger partial charge on any atom is 0.425 e. The fourth-order valence-electron chi connectivity index (χ4n) is 5.49. The van der Waals surface area contributed by atoms with Gasteiger partial charge >= 0.3 is 18.3 Å². The van der Waals surface area contributed by atoms with E-state index in [0.29, 0.717) is 16.5 Å². The molecule has 3 aromatic heterocycles. The minimum Gasteiger partial charge on any atom is -0.443 e. The molecule has 0 aliphatic carbocycles. The topological polar surface area (TPSA) is 166 Å². The molecular weight excluding hydrogens is 658 g/mol. The zero-order valence-corrected chi connectivity index (χ0v) is 29.7. The standard InChI is InChI=1S/C35H43N9O7/c1-34(2,3)50-32(46)44(33(47)51-35(4,5)6)28-18-36-17-26(39-28)27-20-43-12-11-37-29(43)30(40-27)49-31(45)38-24-7-9-25(10-8-24)42-15-13-41(14-16-42)19-23-21-48-22-23/h7-12,17-18,20,23H,13-16,19,21-22H2,1-6H3,(H,38,45). The number of anilines is 3. The highest BCUT2D eigenvalue weighted by Gasteiger charge is 2.34. The summed E-state index contributed by atoms with van der Waals surface area (Å²) in [5.41, 5.74) is 0.468. The molecule has 2 saturated heterocycles. The molecule has 6 rings (SSSR count). The van der Waals surface area contributed by atoms with Crippen molar-refractivity contribution >= 4 is 41.1 Å². The second-order valence-electron chi connectivity index (χ2n) is 14.4. The van der Waals surface area contributed by atoms with E-state index in [1.165, 1.54) is 18.6 Å². The maximum absolute atomic E-state index is 13.2. The van der Waals surface area contributed by atoms with Crippen molar-refractivity contribution in [1.82, 2.24) is 29.2 Å². The van der Waals surface area contributed by atoms with Crippen molar-refractivity contribution in [2.24, 2.45) is 5.92 Å². The van der Waals surface area contributed by atoms with Crippen LogP contribution in [0.15, 0.2) is 55.2 Å². The number of rotatable bonds is 7. The number of aromatic nitrogens is 5. The Hall–Kier alpha value is -5.35. The fourth-order valence-corrected chi connectivity index (χ4v) is 5.49. The lowest BCUT2D eigenvalue weighted by atomic mass is 10.1. The third kappa shape index (κ3) is 9.07. The van der Waals surface area contributed by atoms with Gasteiger partial charge in [-0.25, -0.2) is 29.3 Å². The number of nitrogens with zero attached hydrogens (tertiary/aromatic N) is 8. The first-order valence-electron chi connectivity index (χ1n) is 16.8. The second-order valence-corrected chi connectivity index (χ2v) is 14.4. The van der Waals surface area contributed by atoms with Crippen LogP contribution in [0, 0.1) is 5.92 Å². The molecule has 2 aliphatic heterocycles. The molecule has 51 heavy (non-hydrogen) atoms. The molecule has 16 heteroatoms. The van der Waals surface area contributed by atoms with Crippen LogP contribution in [0.5, 0.6) is 5.88 Å². The Bertz CT molecular complexity index is 1840. The molecule has 0 spiro atoms. The summed E-state index contributed by atoms with van der Waals surface area (Å²) in [4.78, 5) is 62.4. The van der Waals surface area contributed by atoms with Crippen LogP contribution in [0.25, 0.3) is 17.0 Å².